The van der Waals surface area contributed by atoms with Crippen LogP contribution in [0.15, 0.2) is 35.6 Å². The SMILES string of the molecule is CSC(=S)NN=C(C)c1cnc2ccccc2n1. The van der Waals surface area contributed by atoms with Crippen molar-refractivity contribution in [2.75, 3.05) is 6.26 Å². The Morgan fingerprint density at radius 2 is 2.06 bits per heavy atom. The van der Waals surface area contributed by atoms with Crippen molar-refractivity contribution in [3.63, 3.8) is 0 Å². The Kier molecular flexibility index (Phi) is 4.22. The fourth-order valence-electron chi connectivity index (χ4n) is 1.36. The fraction of sp³-hybridized carbons (Fsp3) is 0.167. The van der Waals surface area contributed by atoms with Gasteiger partial charge in [-0.2, -0.15) is 5.10 Å². The molecule has 0 atom stereocenters. The second kappa shape index (κ2) is 5.88. The zero-order chi connectivity index (χ0) is 13.0. The molecule has 92 valence electrons. The Morgan fingerprint density at radius 3 is 2.78 bits per heavy atom. The smallest absolute Gasteiger partial charge is 0.153 e. The van der Waals surface area contributed by atoms with Crippen LogP contribution in [0.1, 0.15) is 12.6 Å². The molecule has 6 heteroatoms. The number of para-hydroxylation sites is 2. The van der Waals surface area contributed by atoms with Gasteiger partial charge in [-0.05, 0) is 25.3 Å². The van der Waals surface area contributed by atoms with Gasteiger partial charge in [-0.3, -0.25) is 10.4 Å². The summed E-state index contributed by atoms with van der Waals surface area (Å²) in [7, 11) is 0. The number of thioether (sulfide) groups is 1. The van der Waals surface area contributed by atoms with Gasteiger partial charge in [-0.25, -0.2) is 4.98 Å². The molecule has 2 rings (SSSR count). The second-order valence-electron chi connectivity index (χ2n) is 3.54. The number of hydrogen-bond acceptors (Lipinski definition) is 5. The van der Waals surface area contributed by atoms with Crippen LogP contribution in [0.5, 0.6) is 0 Å². The van der Waals surface area contributed by atoms with Crippen molar-refractivity contribution in [3.8, 4) is 0 Å². The van der Waals surface area contributed by atoms with Crippen molar-refractivity contribution < 1.29 is 0 Å². The molecule has 1 aromatic heterocycles. The first-order valence-electron chi connectivity index (χ1n) is 5.31. The average Bonchev–Trinajstić information content (AvgIpc) is 2.43. The Hall–Kier alpha value is -1.53. The zero-order valence-electron chi connectivity index (χ0n) is 10.0. The zero-order valence-corrected chi connectivity index (χ0v) is 11.7. The molecule has 1 heterocycles. The maximum atomic E-state index is 5.01. The van der Waals surface area contributed by atoms with E-state index in [1.807, 2.05) is 37.4 Å². The summed E-state index contributed by atoms with van der Waals surface area (Å²) in [6.07, 6.45) is 3.61. The van der Waals surface area contributed by atoms with Gasteiger partial charge in [0.25, 0.3) is 0 Å². The number of nitrogens with zero attached hydrogens (tertiary/aromatic N) is 3. The Labute approximate surface area is 115 Å². The number of thiocarbonyl (C=S) groups is 1. The van der Waals surface area contributed by atoms with E-state index in [0.29, 0.717) is 4.32 Å². The van der Waals surface area contributed by atoms with Gasteiger partial charge < -0.3 is 0 Å². The normalized spacial score (nSPS) is 11.6. The number of fused-ring (bicyclic) bond motifs is 1. The predicted molar refractivity (Wildman–Crippen MR) is 81.0 cm³/mol. The maximum Gasteiger partial charge on any atom is 0.153 e. The van der Waals surface area contributed by atoms with Crippen LogP contribution < -0.4 is 5.43 Å². The first-order valence-corrected chi connectivity index (χ1v) is 6.94. The average molecular weight is 276 g/mol. The number of nitrogens with one attached hydrogen (secondary N) is 1. The minimum absolute atomic E-state index is 0.628. The molecule has 0 fully saturated rings. The van der Waals surface area contributed by atoms with Crippen molar-refractivity contribution in [1.82, 2.24) is 15.4 Å². The van der Waals surface area contributed by atoms with Crippen molar-refractivity contribution in [2.45, 2.75) is 6.92 Å². The van der Waals surface area contributed by atoms with Crippen LogP contribution in [0.25, 0.3) is 11.0 Å². The van der Waals surface area contributed by atoms with Crippen molar-refractivity contribution in [3.05, 3.63) is 36.2 Å². The van der Waals surface area contributed by atoms with Gasteiger partial charge >= 0.3 is 0 Å². The van der Waals surface area contributed by atoms with E-state index in [0.717, 1.165) is 22.4 Å². The molecule has 0 saturated carbocycles. The molecule has 0 unspecified atom stereocenters. The van der Waals surface area contributed by atoms with Gasteiger partial charge in [-0.1, -0.05) is 36.1 Å². The standard InChI is InChI=1S/C12H12N4S2/c1-8(15-16-12(17)18-2)11-7-13-9-5-3-4-6-10(9)14-11/h3-7H,1-2H3,(H,16,17). The lowest BCUT2D eigenvalue weighted by Crippen LogP contribution is -2.14. The molecule has 1 aromatic carbocycles. The highest BCUT2D eigenvalue weighted by molar-refractivity contribution is 8.22. The summed E-state index contributed by atoms with van der Waals surface area (Å²) in [5.74, 6) is 0. The third-order valence-corrected chi connectivity index (χ3v) is 3.37. The van der Waals surface area contributed by atoms with E-state index in [1.165, 1.54) is 11.8 Å². The summed E-state index contributed by atoms with van der Waals surface area (Å²) in [5, 5.41) is 4.17. The number of aromatic nitrogens is 2. The van der Waals surface area contributed by atoms with E-state index >= 15 is 0 Å². The lowest BCUT2D eigenvalue weighted by molar-refractivity contribution is 1.05. The van der Waals surface area contributed by atoms with E-state index in [-0.39, 0.29) is 0 Å². The Morgan fingerprint density at radius 1 is 1.33 bits per heavy atom. The molecule has 2 aromatic rings. The Balaban J connectivity index is 2.27. The predicted octanol–water partition coefficient (Wildman–Crippen LogP) is 2.59. The highest BCUT2D eigenvalue weighted by atomic mass is 32.2. The van der Waals surface area contributed by atoms with Crippen molar-refractivity contribution >= 4 is 45.0 Å². The van der Waals surface area contributed by atoms with Crippen LogP contribution in [-0.4, -0.2) is 26.3 Å². The molecular weight excluding hydrogens is 264 g/mol. The summed E-state index contributed by atoms with van der Waals surface area (Å²) in [6.45, 7) is 1.87. The molecule has 4 nitrogen and oxygen atoms in total. The molecule has 0 spiro atoms. The molecule has 0 aliphatic heterocycles. The maximum absolute atomic E-state index is 5.01. The van der Waals surface area contributed by atoms with E-state index in [1.54, 1.807) is 6.20 Å². The van der Waals surface area contributed by atoms with Gasteiger partial charge in [0.15, 0.2) is 4.32 Å². The molecule has 0 saturated heterocycles. The number of hydrazone groups is 1. The van der Waals surface area contributed by atoms with E-state index < -0.39 is 0 Å². The Bertz CT molecular complexity index is 610. The van der Waals surface area contributed by atoms with Gasteiger partial charge in [0, 0.05) is 0 Å². The summed E-state index contributed by atoms with van der Waals surface area (Å²) in [6, 6.07) is 7.74. The van der Waals surface area contributed by atoms with Crippen molar-refractivity contribution in [1.29, 1.82) is 0 Å². The van der Waals surface area contributed by atoms with E-state index in [2.05, 4.69) is 20.5 Å². The topological polar surface area (TPSA) is 50.2 Å². The quantitative estimate of drug-likeness (QED) is 0.519. The molecule has 0 radical (unpaired) electrons. The molecule has 1 N–H and O–H groups in total. The first kappa shape index (κ1) is 12.9. The summed E-state index contributed by atoms with van der Waals surface area (Å²) in [4.78, 5) is 8.84. The minimum Gasteiger partial charge on any atom is -0.262 e. The van der Waals surface area contributed by atoms with Crippen LogP contribution >= 0.6 is 24.0 Å². The largest absolute Gasteiger partial charge is 0.262 e. The van der Waals surface area contributed by atoms with Crippen LogP contribution in [-0.2, 0) is 0 Å². The number of rotatable bonds is 2. The van der Waals surface area contributed by atoms with Crippen LogP contribution in [0.3, 0.4) is 0 Å². The van der Waals surface area contributed by atoms with Gasteiger partial charge in [0.2, 0.25) is 0 Å². The lowest BCUT2D eigenvalue weighted by Gasteiger charge is -2.03. The fourth-order valence-corrected chi connectivity index (χ4v) is 1.55. The highest BCUT2D eigenvalue weighted by Gasteiger charge is 2.02. The van der Waals surface area contributed by atoms with Gasteiger partial charge in [0.1, 0.15) is 5.69 Å². The van der Waals surface area contributed by atoms with E-state index in [9.17, 15) is 0 Å². The molecular formula is C12H12N4S2. The van der Waals surface area contributed by atoms with Gasteiger partial charge in [0.05, 0.1) is 22.9 Å². The lowest BCUT2D eigenvalue weighted by atomic mass is 10.2. The molecule has 0 aliphatic carbocycles. The third-order valence-electron chi connectivity index (χ3n) is 2.32. The minimum atomic E-state index is 0.628. The number of hydrogen-bond donors (Lipinski definition) is 1. The molecule has 0 aliphatic rings. The second-order valence-corrected chi connectivity index (χ2v) is 5.03. The summed E-state index contributed by atoms with van der Waals surface area (Å²) >= 11 is 6.45. The highest BCUT2D eigenvalue weighted by Crippen LogP contribution is 2.08. The molecule has 0 amide bonds. The summed E-state index contributed by atoms with van der Waals surface area (Å²) in [5.41, 5.74) is 6.02. The first-order chi connectivity index (χ1) is 8.70. The van der Waals surface area contributed by atoms with E-state index in [4.69, 9.17) is 12.2 Å². The van der Waals surface area contributed by atoms with Gasteiger partial charge in [-0.15, -0.1) is 0 Å². The van der Waals surface area contributed by atoms with Crippen molar-refractivity contribution in [2.24, 2.45) is 5.10 Å². The molecule has 18 heavy (non-hydrogen) atoms. The van der Waals surface area contributed by atoms with Crippen LogP contribution in [0.2, 0.25) is 0 Å². The van der Waals surface area contributed by atoms with Crippen LogP contribution in [0, 0.1) is 0 Å². The molecule has 0 bridgehead atoms. The number of benzene rings is 1. The monoisotopic (exact) mass is 276 g/mol. The summed E-state index contributed by atoms with van der Waals surface area (Å²) < 4.78 is 0.628. The van der Waals surface area contributed by atoms with Crippen LogP contribution in [0.4, 0.5) is 0 Å². The third kappa shape index (κ3) is 3.02.